The fourth-order valence-corrected chi connectivity index (χ4v) is 4.33. The Balaban J connectivity index is 1.50. The number of benzene rings is 4. The third-order valence-electron chi connectivity index (χ3n) is 6.07. The average Bonchev–Trinajstić information content (AvgIpc) is 3.37. The zero-order chi connectivity index (χ0) is 21.8. The molecule has 4 heteroatoms. The molecule has 32 heavy (non-hydrogen) atoms. The van der Waals surface area contributed by atoms with Gasteiger partial charge >= 0.3 is 0 Å². The van der Waals surface area contributed by atoms with E-state index < -0.39 is 0 Å². The Kier molecular flexibility index (Phi) is 5.95. The minimum absolute atomic E-state index is 0.501. The van der Waals surface area contributed by atoms with E-state index in [0.717, 1.165) is 41.6 Å². The molecule has 4 nitrogen and oxygen atoms in total. The standard InChI is InChI=1S/C28H28N2O2/c1-31-23-12-14-24(15-13-23)32-28-18-21(11-16-27(28)30-19-22-8-5-17-29-22)26-10-4-7-20-6-2-3-9-25(20)26/h2-4,6-7,9-16,18,22,29-30H,5,8,17,19H2,1H3/t22-/m0/s1. The van der Waals surface area contributed by atoms with E-state index in [1.807, 2.05) is 24.3 Å². The first-order valence-electron chi connectivity index (χ1n) is 11.2. The molecule has 4 aromatic carbocycles. The van der Waals surface area contributed by atoms with Crippen LogP contribution >= 0.6 is 0 Å². The lowest BCUT2D eigenvalue weighted by molar-refractivity contribution is 0.413. The van der Waals surface area contributed by atoms with Crippen LogP contribution in [0.2, 0.25) is 0 Å². The summed E-state index contributed by atoms with van der Waals surface area (Å²) in [4.78, 5) is 0. The van der Waals surface area contributed by atoms with Gasteiger partial charge in [0, 0.05) is 12.6 Å². The van der Waals surface area contributed by atoms with Crippen LogP contribution in [0.5, 0.6) is 17.2 Å². The highest BCUT2D eigenvalue weighted by Gasteiger charge is 2.15. The lowest BCUT2D eigenvalue weighted by Crippen LogP contribution is -2.29. The molecule has 2 N–H and O–H groups in total. The molecule has 162 valence electrons. The Labute approximate surface area is 189 Å². The third-order valence-corrected chi connectivity index (χ3v) is 6.07. The van der Waals surface area contributed by atoms with Crippen molar-refractivity contribution in [2.75, 3.05) is 25.5 Å². The summed E-state index contributed by atoms with van der Waals surface area (Å²) >= 11 is 0. The summed E-state index contributed by atoms with van der Waals surface area (Å²) < 4.78 is 11.6. The Morgan fingerprint density at radius 1 is 0.906 bits per heavy atom. The van der Waals surface area contributed by atoms with Crippen LogP contribution < -0.4 is 20.1 Å². The predicted octanol–water partition coefficient (Wildman–Crippen LogP) is 6.47. The molecular formula is C28H28N2O2. The first kappa shape index (κ1) is 20.4. The minimum atomic E-state index is 0.501. The molecule has 4 aromatic rings. The zero-order valence-corrected chi connectivity index (χ0v) is 18.3. The second-order valence-electron chi connectivity index (χ2n) is 8.19. The Morgan fingerprint density at radius 2 is 1.72 bits per heavy atom. The topological polar surface area (TPSA) is 42.5 Å². The number of fused-ring (bicyclic) bond motifs is 1. The molecule has 0 unspecified atom stereocenters. The highest BCUT2D eigenvalue weighted by atomic mass is 16.5. The molecule has 0 radical (unpaired) electrons. The van der Waals surface area contributed by atoms with Crippen LogP contribution in [-0.2, 0) is 0 Å². The van der Waals surface area contributed by atoms with Crippen molar-refractivity contribution in [3.8, 4) is 28.4 Å². The third kappa shape index (κ3) is 4.41. The first-order chi connectivity index (χ1) is 15.8. The fourth-order valence-electron chi connectivity index (χ4n) is 4.33. The van der Waals surface area contributed by atoms with Gasteiger partial charge < -0.3 is 20.1 Å². The van der Waals surface area contributed by atoms with Crippen LogP contribution in [0.3, 0.4) is 0 Å². The fraction of sp³-hybridized carbons (Fsp3) is 0.214. The molecule has 1 heterocycles. The van der Waals surface area contributed by atoms with Gasteiger partial charge in [0.1, 0.15) is 11.5 Å². The van der Waals surface area contributed by atoms with Crippen molar-refractivity contribution in [1.29, 1.82) is 0 Å². The maximum absolute atomic E-state index is 6.36. The van der Waals surface area contributed by atoms with E-state index in [2.05, 4.69) is 71.3 Å². The lowest BCUT2D eigenvalue weighted by Gasteiger charge is -2.18. The molecule has 0 aromatic heterocycles. The molecule has 5 rings (SSSR count). The molecule has 0 bridgehead atoms. The van der Waals surface area contributed by atoms with Gasteiger partial charge in [-0.3, -0.25) is 0 Å². The van der Waals surface area contributed by atoms with Crippen LogP contribution in [0.25, 0.3) is 21.9 Å². The van der Waals surface area contributed by atoms with Crippen molar-refractivity contribution in [3.05, 3.63) is 84.9 Å². The van der Waals surface area contributed by atoms with Crippen LogP contribution in [0.4, 0.5) is 5.69 Å². The second kappa shape index (κ2) is 9.33. The predicted molar refractivity (Wildman–Crippen MR) is 132 cm³/mol. The number of nitrogens with one attached hydrogen (secondary N) is 2. The van der Waals surface area contributed by atoms with Crippen molar-refractivity contribution in [2.24, 2.45) is 0 Å². The molecule has 1 saturated heterocycles. The maximum Gasteiger partial charge on any atom is 0.151 e. The van der Waals surface area contributed by atoms with Crippen LogP contribution in [0.1, 0.15) is 12.8 Å². The maximum atomic E-state index is 6.36. The number of ether oxygens (including phenoxy) is 2. The van der Waals surface area contributed by atoms with E-state index in [4.69, 9.17) is 9.47 Å². The Bertz CT molecular complexity index is 1190. The van der Waals surface area contributed by atoms with E-state index in [1.54, 1.807) is 7.11 Å². The normalized spacial score (nSPS) is 15.6. The number of anilines is 1. The molecule has 1 fully saturated rings. The van der Waals surface area contributed by atoms with E-state index in [1.165, 1.54) is 29.2 Å². The SMILES string of the molecule is COc1ccc(Oc2cc(-c3cccc4ccccc34)ccc2NC[C@@H]2CCCN2)cc1. The molecule has 0 amide bonds. The minimum Gasteiger partial charge on any atom is -0.497 e. The van der Waals surface area contributed by atoms with Crippen LogP contribution in [0, 0.1) is 0 Å². The number of rotatable bonds is 7. The first-order valence-corrected chi connectivity index (χ1v) is 11.2. The number of hydrogen-bond acceptors (Lipinski definition) is 4. The summed E-state index contributed by atoms with van der Waals surface area (Å²) in [6, 6.07) is 29.6. The van der Waals surface area contributed by atoms with Gasteiger partial charge in [-0.05, 0) is 77.7 Å². The smallest absolute Gasteiger partial charge is 0.151 e. The van der Waals surface area contributed by atoms with Crippen molar-refractivity contribution >= 4 is 16.5 Å². The average molecular weight is 425 g/mol. The number of hydrogen-bond donors (Lipinski definition) is 2. The highest BCUT2D eigenvalue weighted by molar-refractivity contribution is 5.97. The molecule has 1 aliphatic rings. The van der Waals surface area contributed by atoms with E-state index in [0.29, 0.717) is 6.04 Å². The van der Waals surface area contributed by atoms with Crippen LogP contribution in [0.15, 0.2) is 84.9 Å². The van der Waals surface area contributed by atoms with Crippen molar-refractivity contribution < 1.29 is 9.47 Å². The monoisotopic (exact) mass is 424 g/mol. The number of methoxy groups -OCH3 is 1. The highest BCUT2D eigenvalue weighted by Crippen LogP contribution is 2.37. The van der Waals surface area contributed by atoms with Gasteiger partial charge in [0.25, 0.3) is 0 Å². The van der Waals surface area contributed by atoms with Crippen molar-refractivity contribution in [3.63, 3.8) is 0 Å². The van der Waals surface area contributed by atoms with E-state index in [-0.39, 0.29) is 0 Å². The van der Waals surface area contributed by atoms with Gasteiger partial charge in [0.15, 0.2) is 5.75 Å². The molecule has 0 saturated carbocycles. The molecular weight excluding hydrogens is 396 g/mol. The van der Waals surface area contributed by atoms with Gasteiger partial charge in [-0.15, -0.1) is 0 Å². The Hall–Kier alpha value is -3.50. The van der Waals surface area contributed by atoms with Gasteiger partial charge in [0.05, 0.1) is 12.8 Å². The molecule has 1 atom stereocenters. The molecule has 0 aliphatic carbocycles. The largest absolute Gasteiger partial charge is 0.497 e. The summed E-state index contributed by atoms with van der Waals surface area (Å²) in [5.74, 6) is 2.41. The summed E-state index contributed by atoms with van der Waals surface area (Å²) in [6.45, 7) is 1.98. The van der Waals surface area contributed by atoms with E-state index in [9.17, 15) is 0 Å². The Morgan fingerprint density at radius 3 is 2.53 bits per heavy atom. The molecule has 1 aliphatic heterocycles. The zero-order valence-electron chi connectivity index (χ0n) is 18.3. The van der Waals surface area contributed by atoms with Crippen molar-refractivity contribution in [2.45, 2.75) is 18.9 Å². The second-order valence-corrected chi connectivity index (χ2v) is 8.19. The van der Waals surface area contributed by atoms with Crippen LogP contribution in [-0.4, -0.2) is 26.2 Å². The molecule has 0 spiro atoms. The van der Waals surface area contributed by atoms with Gasteiger partial charge in [-0.1, -0.05) is 48.5 Å². The quantitative estimate of drug-likeness (QED) is 0.357. The van der Waals surface area contributed by atoms with Crippen molar-refractivity contribution in [1.82, 2.24) is 5.32 Å². The lowest BCUT2D eigenvalue weighted by atomic mass is 9.98. The summed E-state index contributed by atoms with van der Waals surface area (Å²) in [6.07, 6.45) is 2.44. The summed E-state index contributed by atoms with van der Waals surface area (Å²) in [5, 5.41) is 9.62. The van der Waals surface area contributed by atoms with Gasteiger partial charge in [-0.2, -0.15) is 0 Å². The van der Waals surface area contributed by atoms with Gasteiger partial charge in [-0.25, -0.2) is 0 Å². The van der Waals surface area contributed by atoms with Gasteiger partial charge in [0.2, 0.25) is 0 Å². The summed E-state index contributed by atoms with van der Waals surface area (Å²) in [7, 11) is 1.67. The van der Waals surface area contributed by atoms with E-state index >= 15 is 0 Å². The summed E-state index contributed by atoms with van der Waals surface area (Å²) in [5.41, 5.74) is 3.33.